The van der Waals surface area contributed by atoms with Gasteiger partial charge < -0.3 is 9.47 Å². The van der Waals surface area contributed by atoms with Crippen LogP contribution in [0.25, 0.3) is 11.1 Å². The zero-order valence-corrected chi connectivity index (χ0v) is 14.7. The van der Waals surface area contributed by atoms with E-state index in [4.69, 9.17) is 9.47 Å². The van der Waals surface area contributed by atoms with Crippen LogP contribution in [0.4, 0.5) is 0 Å². The van der Waals surface area contributed by atoms with Gasteiger partial charge in [0.1, 0.15) is 13.2 Å². The Hall–Kier alpha value is -3.28. The molecular formula is C20H19N3O3. The van der Waals surface area contributed by atoms with Crippen molar-refractivity contribution in [1.82, 2.24) is 9.89 Å². The summed E-state index contributed by atoms with van der Waals surface area (Å²) in [5, 5.41) is 5.96. The first-order chi connectivity index (χ1) is 12.6. The van der Waals surface area contributed by atoms with Gasteiger partial charge in [-0.2, -0.15) is 9.89 Å². The molecule has 3 aromatic rings. The lowest BCUT2D eigenvalue weighted by Crippen LogP contribution is -2.37. The molecule has 4 rings (SSSR count). The van der Waals surface area contributed by atoms with Gasteiger partial charge >= 0.3 is 0 Å². The van der Waals surface area contributed by atoms with Gasteiger partial charge in [-0.3, -0.25) is 4.79 Å². The average molecular weight is 349 g/mol. The number of hydrogen-bond donors (Lipinski definition) is 0. The Balaban J connectivity index is 1.61. The number of fused-ring (bicyclic) bond motifs is 1. The van der Waals surface area contributed by atoms with E-state index in [-0.39, 0.29) is 5.91 Å². The molecule has 2 heterocycles. The highest BCUT2D eigenvalue weighted by atomic mass is 16.6. The molecule has 6 nitrogen and oxygen atoms in total. The topological polar surface area (TPSA) is 56.6 Å². The van der Waals surface area contributed by atoms with Gasteiger partial charge in [-0.25, -0.2) is 5.01 Å². The molecule has 6 heteroatoms. The summed E-state index contributed by atoms with van der Waals surface area (Å²) in [5.74, 6) is 1.08. The van der Waals surface area contributed by atoms with E-state index in [2.05, 4.69) is 5.10 Å². The van der Waals surface area contributed by atoms with Crippen molar-refractivity contribution in [2.75, 3.05) is 25.3 Å². The predicted octanol–water partition coefficient (Wildman–Crippen LogP) is 3.04. The van der Waals surface area contributed by atoms with Crippen LogP contribution in [-0.4, -0.2) is 36.1 Å². The second-order valence-corrected chi connectivity index (χ2v) is 6.10. The van der Waals surface area contributed by atoms with Gasteiger partial charge in [-0.15, -0.1) is 0 Å². The van der Waals surface area contributed by atoms with Crippen LogP contribution in [0.2, 0.25) is 0 Å². The van der Waals surface area contributed by atoms with Crippen LogP contribution < -0.4 is 14.5 Å². The summed E-state index contributed by atoms with van der Waals surface area (Å²) in [6, 6.07) is 15.2. The van der Waals surface area contributed by atoms with Gasteiger partial charge in [0.05, 0.1) is 11.9 Å². The van der Waals surface area contributed by atoms with Crippen molar-refractivity contribution in [3.63, 3.8) is 0 Å². The first kappa shape index (κ1) is 16.2. The van der Waals surface area contributed by atoms with E-state index in [1.165, 1.54) is 5.01 Å². The Kier molecular flexibility index (Phi) is 4.08. The number of nitrogens with zero attached hydrogens (tertiary/aromatic N) is 3. The molecule has 2 aromatic carbocycles. The molecule has 1 aromatic heterocycles. The van der Waals surface area contributed by atoms with E-state index >= 15 is 0 Å². The first-order valence-corrected chi connectivity index (χ1v) is 8.43. The van der Waals surface area contributed by atoms with Crippen LogP contribution in [-0.2, 0) is 0 Å². The maximum Gasteiger partial charge on any atom is 0.273 e. The van der Waals surface area contributed by atoms with E-state index < -0.39 is 0 Å². The fourth-order valence-corrected chi connectivity index (χ4v) is 2.96. The zero-order valence-electron chi connectivity index (χ0n) is 14.7. The molecule has 1 aliphatic rings. The highest BCUT2D eigenvalue weighted by molar-refractivity contribution is 6.01. The van der Waals surface area contributed by atoms with Gasteiger partial charge in [-0.05, 0) is 30.7 Å². The molecule has 0 bridgehead atoms. The monoisotopic (exact) mass is 349 g/mol. The molecule has 0 saturated carbocycles. The third-order valence-electron chi connectivity index (χ3n) is 4.36. The molecule has 0 unspecified atom stereocenters. The normalized spacial score (nSPS) is 12.7. The zero-order chi connectivity index (χ0) is 18.1. The van der Waals surface area contributed by atoms with Crippen molar-refractivity contribution >= 4 is 5.91 Å². The maximum atomic E-state index is 12.9. The third-order valence-corrected chi connectivity index (χ3v) is 4.36. The number of aryl methyl sites for hydroxylation is 1. The van der Waals surface area contributed by atoms with Crippen molar-refractivity contribution in [2.45, 2.75) is 6.92 Å². The number of carbonyl (C=O) groups is 1. The SMILES string of the molecule is Cc1nn(N(C)C(=O)c2ccc3c(c2)OCCO3)cc1-c1ccccc1. The van der Waals surface area contributed by atoms with Crippen molar-refractivity contribution in [3.8, 4) is 22.6 Å². The largest absolute Gasteiger partial charge is 0.486 e. The van der Waals surface area contributed by atoms with E-state index in [1.807, 2.05) is 43.5 Å². The summed E-state index contributed by atoms with van der Waals surface area (Å²) in [4.78, 5) is 14.4. The number of hydrogen-bond acceptors (Lipinski definition) is 4. The van der Waals surface area contributed by atoms with Crippen molar-refractivity contribution in [1.29, 1.82) is 0 Å². The van der Waals surface area contributed by atoms with Crippen LogP contribution in [0, 0.1) is 6.92 Å². The Labute approximate surface area is 151 Å². The molecule has 0 fully saturated rings. The minimum absolute atomic E-state index is 0.177. The van der Waals surface area contributed by atoms with Gasteiger partial charge in [0.15, 0.2) is 11.5 Å². The molecule has 0 spiro atoms. The molecule has 0 saturated heterocycles. The highest BCUT2D eigenvalue weighted by Crippen LogP contribution is 2.31. The molecule has 1 aliphatic heterocycles. The van der Waals surface area contributed by atoms with E-state index in [1.54, 1.807) is 30.0 Å². The Bertz CT molecular complexity index is 950. The van der Waals surface area contributed by atoms with Crippen LogP contribution in [0.1, 0.15) is 16.1 Å². The Morgan fingerprint density at radius 1 is 1.08 bits per heavy atom. The maximum absolute atomic E-state index is 12.9. The summed E-state index contributed by atoms with van der Waals surface area (Å²) in [5.41, 5.74) is 3.44. The number of aromatic nitrogens is 2. The summed E-state index contributed by atoms with van der Waals surface area (Å²) in [6.07, 6.45) is 1.86. The average Bonchev–Trinajstić information content (AvgIpc) is 3.09. The second-order valence-electron chi connectivity index (χ2n) is 6.10. The fraction of sp³-hybridized carbons (Fsp3) is 0.200. The third kappa shape index (κ3) is 2.90. The lowest BCUT2D eigenvalue weighted by atomic mass is 10.1. The van der Waals surface area contributed by atoms with Crippen LogP contribution in [0.5, 0.6) is 11.5 Å². The Morgan fingerprint density at radius 3 is 2.58 bits per heavy atom. The minimum atomic E-state index is -0.177. The van der Waals surface area contributed by atoms with Gasteiger partial charge in [-0.1, -0.05) is 30.3 Å². The fourth-order valence-electron chi connectivity index (χ4n) is 2.96. The number of carbonyl (C=O) groups excluding carboxylic acids is 1. The van der Waals surface area contributed by atoms with Crippen LogP contribution in [0.3, 0.4) is 0 Å². The Morgan fingerprint density at radius 2 is 1.81 bits per heavy atom. The molecule has 26 heavy (non-hydrogen) atoms. The van der Waals surface area contributed by atoms with E-state index in [0.717, 1.165) is 16.8 Å². The number of amides is 1. The number of ether oxygens (including phenoxy) is 2. The van der Waals surface area contributed by atoms with E-state index in [9.17, 15) is 4.79 Å². The summed E-state index contributed by atoms with van der Waals surface area (Å²) in [7, 11) is 1.69. The van der Waals surface area contributed by atoms with Crippen LogP contribution in [0.15, 0.2) is 54.7 Å². The number of rotatable bonds is 3. The summed E-state index contributed by atoms with van der Waals surface area (Å²) >= 11 is 0. The molecule has 132 valence electrons. The van der Waals surface area contributed by atoms with E-state index in [0.29, 0.717) is 30.3 Å². The van der Waals surface area contributed by atoms with Gasteiger partial charge in [0, 0.05) is 18.2 Å². The molecule has 0 atom stereocenters. The minimum Gasteiger partial charge on any atom is -0.486 e. The smallest absolute Gasteiger partial charge is 0.273 e. The van der Waals surface area contributed by atoms with Crippen molar-refractivity contribution < 1.29 is 14.3 Å². The van der Waals surface area contributed by atoms with Gasteiger partial charge in [0.25, 0.3) is 5.91 Å². The quantitative estimate of drug-likeness (QED) is 0.729. The lowest BCUT2D eigenvalue weighted by molar-refractivity contribution is 0.0961. The highest BCUT2D eigenvalue weighted by Gasteiger charge is 2.20. The standard InChI is InChI=1S/C20H19N3O3/c1-14-17(15-6-4-3-5-7-15)13-23(21-14)22(2)20(24)16-8-9-18-19(12-16)26-11-10-25-18/h3-9,12-13H,10-11H2,1-2H3. The second kappa shape index (κ2) is 6.55. The van der Waals surface area contributed by atoms with Crippen molar-refractivity contribution in [3.05, 3.63) is 66.0 Å². The first-order valence-electron chi connectivity index (χ1n) is 8.43. The number of benzene rings is 2. The molecular weight excluding hydrogens is 330 g/mol. The molecule has 1 amide bonds. The predicted molar refractivity (Wildman–Crippen MR) is 98.3 cm³/mol. The van der Waals surface area contributed by atoms with Crippen molar-refractivity contribution in [2.24, 2.45) is 0 Å². The summed E-state index contributed by atoms with van der Waals surface area (Å²) < 4.78 is 11.1. The molecule has 0 radical (unpaired) electrons. The lowest BCUT2D eigenvalue weighted by Gasteiger charge is -2.20. The molecule has 0 N–H and O–H groups in total. The van der Waals surface area contributed by atoms with Gasteiger partial charge in [0.2, 0.25) is 0 Å². The molecule has 0 aliphatic carbocycles. The summed E-state index contributed by atoms with van der Waals surface area (Å²) in [6.45, 7) is 2.94. The van der Waals surface area contributed by atoms with Crippen LogP contribution >= 0.6 is 0 Å².